The Morgan fingerprint density at radius 2 is 1.68 bits per heavy atom. The second-order valence-corrected chi connectivity index (χ2v) is 4.47. The van der Waals surface area contributed by atoms with Crippen LogP contribution in [-0.4, -0.2) is 4.98 Å². The summed E-state index contributed by atoms with van der Waals surface area (Å²) in [7, 11) is 0. The molecular formula is C17H10NO. The first-order valence-corrected chi connectivity index (χ1v) is 6.14. The molecule has 0 amide bonds. The minimum Gasteiger partial charge on any atom is -0.456 e. The van der Waals surface area contributed by atoms with Crippen LogP contribution < -0.4 is 0 Å². The molecule has 89 valence electrons. The highest BCUT2D eigenvalue weighted by Crippen LogP contribution is 2.31. The Bertz CT molecular complexity index is 862. The van der Waals surface area contributed by atoms with Crippen LogP contribution in [0.4, 0.5) is 0 Å². The maximum atomic E-state index is 5.81. The van der Waals surface area contributed by atoms with E-state index in [1.54, 1.807) is 12.4 Å². The summed E-state index contributed by atoms with van der Waals surface area (Å²) in [5.41, 5.74) is 4.14. The number of benzene rings is 2. The SMILES string of the molecule is [c]1ccc2oc3ccc(-c4ccncc4)cc3c2c1. The third-order valence-corrected chi connectivity index (χ3v) is 3.33. The fraction of sp³-hybridized carbons (Fsp3) is 0. The summed E-state index contributed by atoms with van der Waals surface area (Å²) in [6, 6.07) is 19.2. The van der Waals surface area contributed by atoms with Crippen LogP contribution in [0.2, 0.25) is 0 Å². The van der Waals surface area contributed by atoms with E-state index in [0.717, 1.165) is 27.5 Å². The van der Waals surface area contributed by atoms with Crippen molar-refractivity contribution < 1.29 is 4.42 Å². The number of rotatable bonds is 1. The summed E-state index contributed by atoms with van der Waals surface area (Å²) >= 11 is 0. The van der Waals surface area contributed by atoms with Gasteiger partial charge in [-0.05, 0) is 53.6 Å². The first-order chi connectivity index (χ1) is 9.42. The maximum absolute atomic E-state index is 5.81. The molecule has 0 atom stereocenters. The molecule has 1 radical (unpaired) electrons. The van der Waals surface area contributed by atoms with E-state index in [4.69, 9.17) is 4.42 Å². The van der Waals surface area contributed by atoms with Crippen molar-refractivity contribution in [3.05, 3.63) is 67.0 Å². The van der Waals surface area contributed by atoms with Crippen LogP contribution in [-0.2, 0) is 0 Å². The molecule has 0 bridgehead atoms. The van der Waals surface area contributed by atoms with Gasteiger partial charge >= 0.3 is 0 Å². The molecule has 2 heterocycles. The number of nitrogens with zero attached hydrogens (tertiary/aromatic N) is 1. The maximum Gasteiger partial charge on any atom is 0.135 e. The van der Waals surface area contributed by atoms with Gasteiger partial charge in [-0.1, -0.05) is 12.1 Å². The molecule has 0 spiro atoms. The van der Waals surface area contributed by atoms with Crippen molar-refractivity contribution in [2.75, 3.05) is 0 Å². The van der Waals surface area contributed by atoms with Gasteiger partial charge in [0.25, 0.3) is 0 Å². The van der Waals surface area contributed by atoms with Crippen LogP contribution in [0, 0.1) is 6.07 Å². The van der Waals surface area contributed by atoms with Crippen LogP contribution in [0.5, 0.6) is 0 Å². The van der Waals surface area contributed by atoms with Gasteiger partial charge in [0, 0.05) is 23.2 Å². The summed E-state index contributed by atoms with van der Waals surface area (Å²) in [6.07, 6.45) is 3.61. The van der Waals surface area contributed by atoms with Crippen molar-refractivity contribution in [3.8, 4) is 11.1 Å². The van der Waals surface area contributed by atoms with Gasteiger partial charge in [-0.25, -0.2) is 0 Å². The topological polar surface area (TPSA) is 26.0 Å². The predicted molar refractivity (Wildman–Crippen MR) is 75.8 cm³/mol. The Hall–Kier alpha value is -2.61. The molecule has 2 aromatic carbocycles. The highest BCUT2D eigenvalue weighted by atomic mass is 16.3. The molecule has 0 aliphatic carbocycles. The number of hydrogen-bond acceptors (Lipinski definition) is 2. The molecule has 0 unspecified atom stereocenters. The number of furan rings is 1. The molecule has 4 rings (SSSR count). The van der Waals surface area contributed by atoms with Crippen LogP contribution in [0.3, 0.4) is 0 Å². The third kappa shape index (κ3) is 1.61. The summed E-state index contributed by atoms with van der Waals surface area (Å²) in [4.78, 5) is 4.05. The fourth-order valence-electron chi connectivity index (χ4n) is 2.39. The normalized spacial score (nSPS) is 11.2. The average molecular weight is 244 g/mol. The van der Waals surface area contributed by atoms with Gasteiger partial charge in [0.2, 0.25) is 0 Å². The molecule has 0 N–H and O–H groups in total. The van der Waals surface area contributed by atoms with Crippen molar-refractivity contribution >= 4 is 21.9 Å². The lowest BCUT2D eigenvalue weighted by atomic mass is 10.0. The van der Waals surface area contributed by atoms with Gasteiger partial charge in [-0.3, -0.25) is 4.98 Å². The second-order valence-electron chi connectivity index (χ2n) is 4.47. The van der Waals surface area contributed by atoms with E-state index in [9.17, 15) is 0 Å². The second kappa shape index (κ2) is 3.95. The Kier molecular flexibility index (Phi) is 2.15. The lowest BCUT2D eigenvalue weighted by molar-refractivity contribution is 0.669. The monoisotopic (exact) mass is 244 g/mol. The first-order valence-electron chi connectivity index (χ1n) is 6.14. The zero-order chi connectivity index (χ0) is 12.7. The molecule has 2 heteroatoms. The molecule has 2 nitrogen and oxygen atoms in total. The molecule has 0 saturated carbocycles. The number of aromatic nitrogens is 1. The standard InChI is InChI=1S/C17H10NO/c1-2-4-16-14(3-1)15-11-13(5-6-17(15)19-16)12-7-9-18-10-8-12/h2-11H. The van der Waals surface area contributed by atoms with Gasteiger partial charge in [0.15, 0.2) is 0 Å². The van der Waals surface area contributed by atoms with E-state index < -0.39 is 0 Å². The Morgan fingerprint density at radius 1 is 0.842 bits per heavy atom. The lowest BCUT2D eigenvalue weighted by Crippen LogP contribution is -1.78. The minimum absolute atomic E-state index is 0.903. The average Bonchev–Trinajstić information content (AvgIpc) is 2.86. The molecule has 0 fully saturated rings. The zero-order valence-corrected chi connectivity index (χ0v) is 10.1. The van der Waals surface area contributed by atoms with Crippen molar-refractivity contribution in [2.45, 2.75) is 0 Å². The quantitative estimate of drug-likeness (QED) is 0.494. The van der Waals surface area contributed by atoms with E-state index >= 15 is 0 Å². The van der Waals surface area contributed by atoms with E-state index in [1.807, 2.05) is 36.4 Å². The summed E-state index contributed by atoms with van der Waals surface area (Å²) in [5.74, 6) is 0. The first kappa shape index (κ1) is 10.3. The van der Waals surface area contributed by atoms with Gasteiger partial charge in [-0.15, -0.1) is 0 Å². The fourth-order valence-corrected chi connectivity index (χ4v) is 2.39. The minimum atomic E-state index is 0.903. The zero-order valence-electron chi connectivity index (χ0n) is 10.1. The van der Waals surface area contributed by atoms with Crippen LogP contribution in [0.15, 0.2) is 65.3 Å². The highest BCUT2D eigenvalue weighted by Gasteiger charge is 2.07. The number of hydrogen-bond donors (Lipinski definition) is 0. The smallest absolute Gasteiger partial charge is 0.135 e. The number of fused-ring (bicyclic) bond motifs is 3. The molecule has 0 aliphatic heterocycles. The van der Waals surface area contributed by atoms with Gasteiger partial charge < -0.3 is 4.42 Å². The van der Waals surface area contributed by atoms with Crippen molar-refractivity contribution in [3.63, 3.8) is 0 Å². The van der Waals surface area contributed by atoms with E-state index in [1.165, 1.54) is 5.56 Å². The largest absolute Gasteiger partial charge is 0.456 e. The van der Waals surface area contributed by atoms with Crippen molar-refractivity contribution in [2.24, 2.45) is 0 Å². The van der Waals surface area contributed by atoms with Crippen LogP contribution in [0.25, 0.3) is 33.1 Å². The molecule has 0 aliphatic rings. The third-order valence-electron chi connectivity index (χ3n) is 3.33. The van der Waals surface area contributed by atoms with Gasteiger partial charge in [0.1, 0.15) is 11.2 Å². The molecule has 4 aromatic rings. The summed E-state index contributed by atoms with van der Waals surface area (Å²) < 4.78 is 5.81. The summed E-state index contributed by atoms with van der Waals surface area (Å²) in [6.45, 7) is 0. The highest BCUT2D eigenvalue weighted by molar-refractivity contribution is 6.06. The van der Waals surface area contributed by atoms with Gasteiger partial charge in [-0.2, -0.15) is 0 Å². The van der Waals surface area contributed by atoms with E-state index in [0.29, 0.717) is 0 Å². The van der Waals surface area contributed by atoms with Crippen molar-refractivity contribution in [1.29, 1.82) is 0 Å². The van der Waals surface area contributed by atoms with Crippen molar-refractivity contribution in [1.82, 2.24) is 4.98 Å². The number of pyridine rings is 1. The van der Waals surface area contributed by atoms with Crippen LogP contribution in [0.1, 0.15) is 0 Å². The molecule has 0 saturated heterocycles. The Morgan fingerprint density at radius 3 is 2.58 bits per heavy atom. The molecule has 19 heavy (non-hydrogen) atoms. The van der Waals surface area contributed by atoms with E-state index in [-0.39, 0.29) is 0 Å². The summed E-state index contributed by atoms with van der Waals surface area (Å²) in [5, 5.41) is 2.23. The Balaban J connectivity index is 2.03. The lowest BCUT2D eigenvalue weighted by Gasteiger charge is -2.00. The van der Waals surface area contributed by atoms with E-state index in [2.05, 4.69) is 23.2 Å². The van der Waals surface area contributed by atoms with Crippen LogP contribution >= 0.6 is 0 Å². The Labute approximate surface area is 110 Å². The molecular weight excluding hydrogens is 234 g/mol. The molecule has 2 aromatic heterocycles. The predicted octanol–water partition coefficient (Wildman–Crippen LogP) is 4.45. The van der Waals surface area contributed by atoms with Gasteiger partial charge in [0.05, 0.1) is 0 Å².